The third-order valence-corrected chi connectivity index (χ3v) is 5.04. The molecule has 0 bridgehead atoms. The van der Waals surface area contributed by atoms with E-state index in [4.69, 9.17) is 0 Å². The van der Waals surface area contributed by atoms with Crippen molar-refractivity contribution >= 4 is 11.8 Å². The molecule has 3 rings (SSSR count). The van der Waals surface area contributed by atoms with Crippen LogP contribution in [0.25, 0.3) is 0 Å². The van der Waals surface area contributed by atoms with Crippen molar-refractivity contribution in [2.45, 2.75) is 39.3 Å². The van der Waals surface area contributed by atoms with Crippen molar-refractivity contribution < 1.29 is 9.59 Å². The molecule has 1 aromatic heterocycles. The number of nitrogens with zero attached hydrogens (tertiary/aromatic N) is 3. The van der Waals surface area contributed by atoms with Gasteiger partial charge in [0.25, 0.3) is 0 Å². The van der Waals surface area contributed by atoms with Crippen molar-refractivity contribution in [2.24, 2.45) is 5.92 Å². The first-order valence-electron chi connectivity index (χ1n) is 9.16. The second-order valence-electron chi connectivity index (χ2n) is 6.97. The Morgan fingerprint density at radius 1 is 1.23 bits per heavy atom. The van der Waals surface area contributed by atoms with Crippen LogP contribution in [0.5, 0.6) is 0 Å². The van der Waals surface area contributed by atoms with E-state index in [1.807, 2.05) is 49.1 Å². The number of aryl methyl sites for hydroxylation is 1. The summed E-state index contributed by atoms with van der Waals surface area (Å²) in [6, 6.07) is 9.67. The number of piperidine rings is 1. The van der Waals surface area contributed by atoms with Crippen molar-refractivity contribution in [3.05, 3.63) is 53.9 Å². The second kappa shape index (κ2) is 8.17. The predicted molar refractivity (Wildman–Crippen MR) is 99.3 cm³/mol. The number of amides is 2. The summed E-state index contributed by atoms with van der Waals surface area (Å²) in [7, 11) is 0. The second-order valence-corrected chi connectivity index (χ2v) is 6.97. The molecule has 6 nitrogen and oxygen atoms in total. The summed E-state index contributed by atoms with van der Waals surface area (Å²) < 4.78 is 1.67. The van der Waals surface area contributed by atoms with Crippen LogP contribution in [0.2, 0.25) is 0 Å². The van der Waals surface area contributed by atoms with E-state index >= 15 is 0 Å². The number of aromatic nitrogens is 2. The minimum Gasteiger partial charge on any atom is -0.352 e. The van der Waals surface area contributed by atoms with E-state index in [2.05, 4.69) is 10.4 Å². The Morgan fingerprint density at radius 2 is 1.92 bits per heavy atom. The lowest BCUT2D eigenvalue weighted by Gasteiger charge is -2.33. The van der Waals surface area contributed by atoms with Crippen LogP contribution in [0.4, 0.5) is 0 Å². The molecule has 2 heterocycles. The van der Waals surface area contributed by atoms with Crippen LogP contribution in [-0.4, -0.2) is 39.6 Å². The van der Waals surface area contributed by atoms with Gasteiger partial charge in [-0.3, -0.25) is 14.3 Å². The fourth-order valence-electron chi connectivity index (χ4n) is 3.29. The Kier molecular flexibility index (Phi) is 5.71. The van der Waals surface area contributed by atoms with Gasteiger partial charge in [-0.05, 0) is 38.3 Å². The molecule has 26 heavy (non-hydrogen) atoms. The van der Waals surface area contributed by atoms with Crippen LogP contribution < -0.4 is 5.32 Å². The third-order valence-electron chi connectivity index (χ3n) is 5.04. The highest BCUT2D eigenvalue weighted by Gasteiger charge is 2.29. The van der Waals surface area contributed by atoms with Gasteiger partial charge in [0.15, 0.2) is 0 Å². The molecule has 0 radical (unpaired) electrons. The summed E-state index contributed by atoms with van der Waals surface area (Å²) >= 11 is 0. The first-order chi connectivity index (χ1) is 12.5. The van der Waals surface area contributed by atoms with Crippen LogP contribution in [-0.2, 0) is 16.1 Å². The highest BCUT2D eigenvalue weighted by atomic mass is 16.2. The number of hydrogen-bond donors (Lipinski definition) is 1. The lowest BCUT2D eigenvalue weighted by atomic mass is 9.95. The summed E-state index contributed by atoms with van der Waals surface area (Å²) in [5, 5.41) is 7.16. The number of carbonyl (C=O) groups excluding carboxylic acids is 2. The molecule has 0 aliphatic carbocycles. The molecular formula is C20H26N4O2. The zero-order valence-corrected chi connectivity index (χ0v) is 15.4. The number of benzene rings is 1. The van der Waals surface area contributed by atoms with Crippen LogP contribution in [0, 0.1) is 12.8 Å². The van der Waals surface area contributed by atoms with Gasteiger partial charge in [0.05, 0.1) is 0 Å². The molecule has 1 saturated heterocycles. The maximum atomic E-state index is 12.6. The van der Waals surface area contributed by atoms with E-state index < -0.39 is 0 Å². The Hall–Kier alpha value is -2.63. The zero-order chi connectivity index (χ0) is 18.5. The normalized spacial score (nSPS) is 16.3. The molecule has 0 spiro atoms. The van der Waals surface area contributed by atoms with E-state index in [1.54, 1.807) is 17.1 Å². The molecule has 1 fully saturated rings. The first-order valence-corrected chi connectivity index (χ1v) is 9.16. The lowest BCUT2D eigenvalue weighted by Crippen LogP contribution is -2.45. The van der Waals surface area contributed by atoms with Crippen molar-refractivity contribution in [2.75, 3.05) is 13.1 Å². The molecule has 0 saturated carbocycles. The van der Waals surface area contributed by atoms with Gasteiger partial charge in [0.2, 0.25) is 11.8 Å². The Labute approximate surface area is 154 Å². The number of carbonyl (C=O) groups is 2. The Bertz CT molecular complexity index is 732. The van der Waals surface area contributed by atoms with Crippen molar-refractivity contribution in [1.82, 2.24) is 20.0 Å². The molecule has 1 aliphatic heterocycles. The molecule has 138 valence electrons. The average molecular weight is 354 g/mol. The largest absolute Gasteiger partial charge is 0.352 e. The minimum atomic E-state index is -0.308. The first kappa shape index (κ1) is 18.2. The number of rotatable bonds is 5. The quantitative estimate of drug-likeness (QED) is 0.896. The van der Waals surface area contributed by atoms with Gasteiger partial charge >= 0.3 is 0 Å². The molecule has 2 aromatic rings. The molecule has 2 amide bonds. The van der Waals surface area contributed by atoms with E-state index in [0.717, 1.165) is 5.56 Å². The van der Waals surface area contributed by atoms with E-state index in [-0.39, 0.29) is 23.8 Å². The maximum Gasteiger partial charge on any atom is 0.247 e. The van der Waals surface area contributed by atoms with E-state index in [0.29, 0.717) is 32.5 Å². The van der Waals surface area contributed by atoms with Crippen LogP contribution in [0.3, 0.4) is 0 Å². The smallest absolute Gasteiger partial charge is 0.247 e. The van der Waals surface area contributed by atoms with Crippen molar-refractivity contribution in [3.8, 4) is 0 Å². The predicted octanol–water partition coefficient (Wildman–Crippen LogP) is 2.31. The Morgan fingerprint density at radius 3 is 2.54 bits per heavy atom. The van der Waals surface area contributed by atoms with E-state index in [1.165, 1.54) is 5.56 Å². The molecule has 0 unspecified atom stereocenters. The highest BCUT2D eigenvalue weighted by Crippen LogP contribution is 2.20. The SMILES string of the molecule is Cc1ccc(CNC(=O)C2CCN(C(=O)[C@@H](C)n3cccn3)CC2)cc1. The topological polar surface area (TPSA) is 67.2 Å². The molecule has 1 N–H and O–H groups in total. The molecule has 1 aliphatic rings. The minimum absolute atomic E-state index is 0.0236. The Balaban J connectivity index is 1.46. The highest BCUT2D eigenvalue weighted by molar-refractivity contribution is 5.81. The standard InChI is InChI=1S/C20H26N4O2/c1-15-4-6-17(7-5-15)14-21-19(25)18-8-12-23(13-9-18)20(26)16(2)24-11-3-10-22-24/h3-7,10-11,16,18H,8-9,12-14H2,1-2H3,(H,21,25)/t16-/m1/s1. The van der Waals surface area contributed by atoms with Crippen LogP contribution in [0.1, 0.15) is 36.9 Å². The van der Waals surface area contributed by atoms with Gasteiger partial charge in [0.1, 0.15) is 6.04 Å². The fourth-order valence-corrected chi connectivity index (χ4v) is 3.29. The van der Waals surface area contributed by atoms with Crippen molar-refractivity contribution in [1.29, 1.82) is 0 Å². The van der Waals surface area contributed by atoms with Crippen LogP contribution >= 0.6 is 0 Å². The number of likely N-dealkylation sites (tertiary alicyclic amines) is 1. The van der Waals surface area contributed by atoms with Crippen LogP contribution in [0.15, 0.2) is 42.7 Å². The summed E-state index contributed by atoms with van der Waals surface area (Å²) in [5.41, 5.74) is 2.31. The summed E-state index contributed by atoms with van der Waals surface area (Å²) in [4.78, 5) is 26.8. The number of nitrogens with one attached hydrogen (secondary N) is 1. The monoisotopic (exact) mass is 354 g/mol. The third kappa shape index (κ3) is 4.31. The summed E-state index contributed by atoms with van der Waals surface area (Å²) in [6.45, 7) is 5.69. The van der Waals surface area contributed by atoms with Crippen molar-refractivity contribution in [3.63, 3.8) is 0 Å². The van der Waals surface area contributed by atoms with Gasteiger partial charge in [-0.1, -0.05) is 29.8 Å². The van der Waals surface area contributed by atoms with Gasteiger partial charge in [-0.15, -0.1) is 0 Å². The molecular weight excluding hydrogens is 328 g/mol. The summed E-state index contributed by atoms with van der Waals surface area (Å²) in [6.07, 6.45) is 4.89. The molecule has 6 heteroatoms. The van der Waals surface area contributed by atoms with E-state index in [9.17, 15) is 9.59 Å². The van der Waals surface area contributed by atoms with Gasteiger partial charge < -0.3 is 10.2 Å². The fraction of sp³-hybridized carbons (Fsp3) is 0.450. The molecule has 1 aromatic carbocycles. The number of hydrogen-bond acceptors (Lipinski definition) is 3. The van der Waals surface area contributed by atoms with Gasteiger partial charge in [0, 0.05) is 37.9 Å². The zero-order valence-electron chi connectivity index (χ0n) is 15.4. The maximum absolute atomic E-state index is 12.6. The van der Waals surface area contributed by atoms with Gasteiger partial charge in [-0.25, -0.2) is 0 Å². The molecule has 1 atom stereocenters. The average Bonchev–Trinajstić information content (AvgIpc) is 3.21. The lowest BCUT2D eigenvalue weighted by molar-refractivity contribution is -0.138. The summed E-state index contributed by atoms with van der Waals surface area (Å²) in [5.74, 6) is 0.120. The van der Waals surface area contributed by atoms with Gasteiger partial charge in [-0.2, -0.15) is 5.10 Å².